The van der Waals surface area contributed by atoms with Gasteiger partial charge in [-0.3, -0.25) is 4.79 Å². The molecule has 1 aromatic heterocycles. The Bertz CT molecular complexity index is 511. The summed E-state index contributed by atoms with van der Waals surface area (Å²) in [5, 5.41) is 14.6. The van der Waals surface area contributed by atoms with Crippen molar-refractivity contribution in [1.29, 1.82) is 0 Å². The van der Waals surface area contributed by atoms with Gasteiger partial charge < -0.3 is 9.84 Å². The molecular weight excluding hydrogens is 228 g/mol. The van der Waals surface area contributed by atoms with Crippen molar-refractivity contribution in [3.05, 3.63) is 34.8 Å². The lowest BCUT2D eigenvalue weighted by molar-refractivity contribution is 0.103. The maximum atomic E-state index is 11.9. The number of carbonyl (C=O) groups is 1. The third-order valence-corrected chi connectivity index (χ3v) is 2.54. The summed E-state index contributed by atoms with van der Waals surface area (Å²) in [4.78, 5) is 11.9. The summed E-state index contributed by atoms with van der Waals surface area (Å²) in [6, 6.07) is 4.39. The summed E-state index contributed by atoms with van der Waals surface area (Å²) < 4.78 is 8.54. The van der Waals surface area contributed by atoms with Crippen LogP contribution in [0.1, 0.15) is 16.1 Å². The van der Waals surface area contributed by atoms with Crippen LogP contribution in [0.2, 0.25) is 0 Å². The molecule has 6 heteroatoms. The van der Waals surface area contributed by atoms with Crippen molar-refractivity contribution in [2.24, 2.45) is 0 Å². The number of carbonyl (C=O) groups excluding carboxylic acids is 1. The molecule has 1 N–H and O–H groups in total. The second-order valence-corrected chi connectivity index (χ2v) is 3.62. The molecule has 2 aromatic rings. The number of phenols is 1. The monoisotopic (exact) mass is 236 g/mol. The predicted molar refractivity (Wildman–Crippen MR) is 58.0 cm³/mol. The Hall–Kier alpha value is -1.95. The van der Waals surface area contributed by atoms with Crippen molar-refractivity contribution in [3.8, 4) is 11.5 Å². The number of nitrogens with zero attached hydrogens (tertiary/aromatic N) is 2. The minimum atomic E-state index is -0.243. The largest absolute Gasteiger partial charge is 0.504 e. The highest BCUT2D eigenvalue weighted by Crippen LogP contribution is 2.27. The summed E-state index contributed by atoms with van der Waals surface area (Å²) in [6.45, 7) is 0. The van der Waals surface area contributed by atoms with Gasteiger partial charge in [-0.2, -0.15) is 0 Å². The first-order valence-electron chi connectivity index (χ1n) is 4.41. The number of phenolic OH excluding ortho intramolecular Hbond substituents is 1. The van der Waals surface area contributed by atoms with Gasteiger partial charge in [-0.25, -0.2) is 0 Å². The molecule has 2 rings (SSSR count). The zero-order valence-electron chi connectivity index (χ0n) is 8.38. The van der Waals surface area contributed by atoms with Crippen LogP contribution in [0.5, 0.6) is 11.5 Å². The second-order valence-electron chi connectivity index (χ2n) is 3.01. The van der Waals surface area contributed by atoms with E-state index < -0.39 is 0 Å². The molecule has 1 heterocycles. The third kappa shape index (κ3) is 1.87. The molecule has 82 valence electrons. The highest BCUT2D eigenvalue weighted by molar-refractivity contribution is 7.03. The van der Waals surface area contributed by atoms with E-state index >= 15 is 0 Å². The molecule has 0 spiro atoms. The first-order chi connectivity index (χ1) is 7.72. The average molecular weight is 236 g/mol. The standard InChI is InChI=1S/C10H8N2O3S/c1-15-9-4-6(2-3-8(9)13)10(14)7-5-16-12-11-7/h2-5,13H,1H3. The van der Waals surface area contributed by atoms with E-state index in [1.54, 1.807) is 5.38 Å². The molecule has 0 fully saturated rings. The van der Waals surface area contributed by atoms with Gasteiger partial charge in [0.2, 0.25) is 5.78 Å². The van der Waals surface area contributed by atoms with Gasteiger partial charge in [-0.15, -0.1) is 5.10 Å². The van der Waals surface area contributed by atoms with E-state index in [1.165, 1.54) is 25.3 Å². The molecule has 0 aliphatic heterocycles. The van der Waals surface area contributed by atoms with E-state index in [1.807, 2.05) is 0 Å². The molecule has 0 radical (unpaired) electrons. The number of ether oxygens (including phenoxy) is 1. The Labute approximate surface area is 95.5 Å². The molecule has 5 nitrogen and oxygen atoms in total. The quantitative estimate of drug-likeness (QED) is 0.817. The Morgan fingerprint density at radius 2 is 2.31 bits per heavy atom. The van der Waals surface area contributed by atoms with Crippen LogP contribution in [-0.2, 0) is 0 Å². The fourth-order valence-electron chi connectivity index (χ4n) is 1.23. The zero-order valence-corrected chi connectivity index (χ0v) is 9.19. The minimum absolute atomic E-state index is 0.00421. The molecule has 0 unspecified atom stereocenters. The maximum absolute atomic E-state index is 11.9. The molecule has 0 aliphatic rings. The Kier molecular flexibility index (Phi) is 2.82. The number of hydrogen-bond donors (Lipinski definition) is 1. The molecule has 0 saturated heterocycles. The molecule has 0 atom stereocenters. The van der Waals surface area contributed by atoms with Gasteiger partial charge >= 0.3 is 0 Å². The molecule has 0 bridgehead atoms. The number of methoxy groups -OCH3 is 1. The average Bonchev–Trinajstić information content (AvgIpc) is 2.82. The maximum Gasteiger partial charge on any atom is 0.214 e. The summed E-state index contributed by atoms with van der Waals surface area (Å²) in [5.74, 6) is 0.0107. The Balaban J connectivity index is 2.38. The van der Waals surface area contributed by atoms with Gasteiger partial charge in [0.25, 0.3) is 0 Å². The first-order valence-corrected chi connectivity index (χ1v) is 5.25. The third-order valence-electron chi connectivity index (χ3n) is 2.03. The van der Waals surface area contributed by atoms with E-state index in [9.17, 15) is 9.90 Å². The summed E-state index contributed by atoms with van der Waals surface area (Å²) in [5.41, 5.74) is 0.695. The van der Waals surface area contributed by atoms with Crippen molar-refractivity contribution in [2.75, 3.05) is 7.11 Å². The zero-order chi connectivity index (χ0) is 11.5. The molecule has 1 aromatic carbocycles. The van der Waals surface area contributed by atoms with E-state index in [0.717, 1.165) is 11.5 Å². The van der Waals surface area contributed by atoms with Crippen LogP contribution in [0.15, 0.2) is 23.6 Å². The Morgan fingerprint density at radius 1 is 1.50 bits per heavy atom. The highest BCUT2D eigenvalue weighted by atomic mass is 32.1. The van der Waals surface area contributed by atoms with Gasteiger partial charge in [0, 0.05) is 10.9 Å². The van der Waals surface area contributed by atoms with Crippen molar-refractivity contribution >= 4 is 17.3 Å². The van der Waals surface area contributed by atoms with Crippen molar-refractivity contribution in [3.63, 3.8) is 0 Å². The van der Waals surface area contributed by atoms with Crippen molar-refractivity contribution < 1.29 is 14.6 Å². The molecule has 0 amide bonds. The van der Waals surface area contributed by atoms with E-state index in [4.69, 9.17) is 4.74 Å². The number of aromatic nitrogens is 2. The van der Waals surface area contributed by atoms with Crippen molar-refractivity contribution in [1.82, 2.24) is 9.59 Å². The number of hydrogen-bond acceptors (Lipinski definition) is 6. The Morgan fingerprint density at radius 3 is 2.94 bits per heavy atom. The van der Waals surface area contributed by atoms with Gasteiger partial charge in [0.05, 0.1) is 7.11 Å². The van der Waals surface area contributed by atoms with Crippen LogP contribution in [0, 0.1) is 0 Å². The van der Waals surface area contributed by atoms with Crippen LogP contribution < -0.4 is 4.74 Å². The lowest BCUT2D eigenvalue weighted by Crippen LogP contribution is -2.02. The van der Waals surface area contributed by atoms with E-state index in [0.29, 0.717) is 5.56 Å². The van der Waals surface area contributed by atoms with E-state index in [-0.39, 0.29) is 23.0 Å². The molecule has 0 aliphatic carbocycles. The van der Waals surface area contributed by atoms with Crippen LogP contribution >= 0.6 is 11.5 Å². The predicted octanol–water partition coefficient (Wildman–Crippen LogP) is 1.48. The lowest BCUT2D eigenvalue weighted by atomic mass is 10.1. The van der Waals surface area contributed by atoms with Crippen molar-refractivity contribution in [2.45, 2.75) is 0 Å². The van der Waals surface area contributed by atoms with Crippen LogP contribution in [0.25, 0.3) is 0 Å². The minimum Gasteiger partial charge on any atom is -0.504 e. The smallest absolute Gasteiger partial charge is 0.214 e. The van der Waals surface area contributed by atoms with Crippen LogP contribution in [0.4, 0.5) is 0 Å². The lowest BCUT2D eigenvalue weighted by Gasteiger charge is -2.04. The topological polar surface area (TPSA) is 72.3 Å². The van der Waals surface area contributed by atoms with E-state index in [2.05, 4.69) is 9.59 Å². The number of ketones is 1. The summed E-state index contributed by atoms with van der Waals surface area (Å²) >= 11 is 1.11. The van der Waals surface area contributed by atoms with Gasteiger partial charge in [-0.1, -0.05) is 4.49 Å². The summed E-state index contributed by atoms with van der Waals surface area (Å²) in [6.07, 6.45) is 0. The second kappa shape index (κ2) is 4.28. The number of rotatable bonds is 3. The highest BCUT2D eigenvalue weighted by Gasteiger charge is 2.14. The van der Waals surface area contributed by atoms with Gasteiger partial charge in [0.1, 0.15) is 5.69 Å². The van der Waals surface area contributed by atoms with Crippen LogP contribution in [-0.4, -0.2) is 27.6 Å². The molecular formula is C10H8N2O3S. The fraction of sp³-hybridized carbons (Fsp3) is 0.100. The fourth-order valence-corrected chi connectivity index (χ4v) is 1.67. The molecule has 16 heavy (non-hydrogen) atoms. The normalized spacial score (nSPS) is 10.1. The number of benzene rings is 1. The van der Waals surface area contributed by atoms with Gasteiger partial charge in [-0.05, 0) is 29.7 Å². The van der Waals surface area contributed by atoms with Gasteiger partial charge in [0.15, 0.2) is 11.5 Å². The number of aromatic hydroxyl groups is 1. The summed E-state index contributed by atoms with van der Waals surface area (Å²) in [7, 11) is 1.42. The first kappa shape index (κ1) is 10.6. The van der Waals surface area contributed by atoms with Crippen LogP contribution in [0.3, 0.4) is 0 Å². The SMILES string of the molecule is COc1cc(C(=O)c2csnn2)ccc1O. The molecule has 0 saturated carbocycles.